The quantitative estimate of drug-likeness (QED) is 0.775. The second kappa shape index (κ2) is 7.65. The Morgan fingerprint density at radius 1 is 1.40 bits per heavy atom. The van der Waals surface area contributed by atoms with Gasteiger partial charge in [0, 0.05) is 39.0 Å². The van der Waals surface area contributed by atoms with Gasteiger partial charge in [0.15, 0.2) is 0 Å². The molecule has 0 spiro atoms. The van der Waals surface area contributed by atoms with E-state index >= 15 is 0 Å². The highest BCUT2D eigenvalue weighted by atomic mass is 16.5. The van der Waals surface area contributed by atoms with Crippen LogP contribution in [0.1, 0.15) is 30.9 Å². The summed E-state index contributed by atoms with van der Waals surface area (Å²) >= 11 is 0. The summed E-state index contributed by atoms with van der Waals surface area (Å²) in [7, 11) is 1.74. The lowest BCUT2D eigenvalue weighted by molar-refractivity contribution is 0.199. The van der Waals surface area contributed by atoms with Gasteiger partial charge in [-0.15, -0.1) is 0 Å². The lowest BCUT2D eigenvalue weighted by atomic mass is 10.1. The van der Waals surface area contributed by atoms with Crippen LogP contribution in [0.15, 0.2) is 18.2 Å². The predicted octanol–water partition coefficient (Wildman–Crippen LogP) is 2.97. The smallest absolute Gasteiger partial charge is 0.0587 e. The van der Waals surface area contributed by atoms with Crippen molar-refractivity contribution < 1.29 is 4.74 Å². The molecule has 0 amide bonds. The van der Waals surface area contributed by atoms with Gasteiger partial charge in [0.2, 0.25) is 0 Å². The first-order chi connectivity index (χ1) is 9.74. The first-order valence-electron chi connectivity index (χ1n) is 7.78. The van der Waals surface area contributed by atoms with Gasteiger partial charge in [-0.25, -0.2) is 0 Å². The van der Waals surface area contributed by atoms with Crippen LogP contribution >= 0.6 is 0 Å². The topological polar surface area (TPSA) is 24.5 Å². The van der Waals surface area contributed by atoms with Gasteiger partial charge >= 0.3 is 0 Å². The van der Waals surface area contributed by atoms with Crippen molar-refractivity contribution in [2.45, 2.75) is 33.2 Å². The summed E-state index contributed by atoms with van der Waals surface area (Å²) in [5.41, 5.74) is 4.16. The van der Waals surface area contributed by atoms with Crippen molar-refractivity contribution in [3.63, 3.8) is 0 Å². The van der Waals surface area contributed by atoms with E-state index in [1.165, 1.54) is 42.7 Å². The molecule has 1 aliphatic heterocycles. The third kappa shape index (κ3) is 3.97. The predicted molar refractivity (Wildman–Crippen MR) is 85.4 cm³/mol. The van der Waals surface area contributed by atoms with Gasteiger partial charge in [0.25, 0.3) is 0 Å². The van der Waals surface area contributed by atoms with Crippen molar-refractivity contribution in [1.29, 1.82) is 0 Å². The van der Waals surface area contributed by atoms with Crippen molar-refractivity contribution in [3.05, 3.63) is 29.3 Å². The van der Waals surface area contributed by atoms with Crippen LogP contribution in [0.5, 0.6) is 0 Å². The van der Waals surface area contributed by atoms with Gasteiger partial charge in [-0.2, -0.15) is 0 Å². The molecule has 0 aliphatic carbocycles. The van der Waals surface area contributed by atoms with Gasteiger partial charge in [-0.1, -0.05) is 31.0 Å². The van der Waals surface area contributed by atoms with Crippen LogP contribution in [0, 0.1) is 12.8 Å². The minimum atomic E-state index is 0.767. The van der Waals surface area contributed by atoms with Crippen LogP contribution in [-0.4, -0.2) is 33.4 Å². The maximum Gasteiger partial charge on any atom is 0.0587 e. The summed E-state index contributed by atoms with van der Waals surface area (Å²) in [5, 5.41) is 3.47. The minimum absolute atomic E-state index is 0.767. The van der Waals surface area contributed by atoms with E-state index in [-0.39, 0.29) is 0 Å². The molecule has 1 atom stereocenters. The Labute approximate surface area is 123 Å². The Bertz CT molecular complexity index is 419. The third-order valence-electron chi connectivity index (χ3n) is 4.24. The van der Waals surface area contributed by atoms with E-state index < -0.39 is 0 Å². The van der Waals surface area contributed by atoms with Crippen LogP contribution in [0.4, 0.5) is 5.69 Å². The number of benzene rings is 1. The van der Waals surface area contributed by atoms with Crippen LogP contribution in [0.2, 0.25) is 0 Å². The number of nitrogens with zero attached hydrogens (tertiary/aromatic N) is 1. The Hall–Kier alpha value is -1.06. The molecule has 1 aromatic carbocycles. The molecule has 3 heteroatoms. The van der Waals surface area contributed by atoms with E-state index in [9.17, 15) is 0 Å². The monoisotopic (exact) mass is 276 g/mol. The number of hydrogen-bond acceptors (Lipinski definition) is 3. The van der Waals surface area contributed by atoms with Gasteiger partial charge < -0.3 is 15.0 Å². The molecule has 1 unspecified atom stereocenters. The Morgan fingerprint density at radius 3 is 2.95 bits per heavy atom. The number of hydrogen-bond donors (Lipinski definition) is 1. The molecule has 1 N–H and O–H groups in total. The van der Waals surface area contributed by atoms with Crippen molar-refractivity contribution >= 4 is 5.69 Å². The summed E-state index contributed by atoms with van der Waals surface area (Å²) in [5.74, 6) is 0.866. The first kappa shape index (κ1) is 15.3. The minimum Gasteiger partial charge on any atom is -0.383 e. The largest absolute Gasteiger partial charge is 0.383 e. The number of methoxy groups -OCH3 is 1. The molecule has 1 aliphatic rings. The fraction of sp³-hybridized carbons (Fsp3) is 0.647. The standard InChI is InChI=1S/C17H28N2O/c1-4-15-7-9-19(13-15)17-6-5-14(2)11-16(17)12-18-8-10-20-3/h5-6,11,15,18H,4,7-10,12-13H2,1-3H3. The molecule has 2 rings (SSSR count). The summed E-state index contributed by atoms with van der Waals surface area (Å²) in [6.45, 7) is 9.48. The highest BCUT2D eigenvalue weighted by Gasteiger charge is 2.22. The average Bonchev–Trinajstić information content (AvgIpc) is 2.92. The highest BCUT2D eigenvalue weighted by molar-refractivity contribution is 5.55. The van der Waals surface area contributed by atoms with Crippen LogP contribution in [0.25, 0.3) is 0 Å². The number of ether oxygens (including phenoxy) is 1. The lowest BCUT2D eigenvalue weighted by Crippen LogP contribution is -2.24. The Morgan fingerprint density at radius 2 is 2.25 bits per heavy atom. The fourth-order valence-electron chi connectivity index (χ4n) is 2.95. The van der Waals surface area contributed by atoms with E-state index in [4.69, 9.17) is 4.74 Å². The zero-order chi connectivity index (χ0) is 14.4. The third-order valence-corrected chi connectivity index (χ3v) is 4.24. The van der Waals surface area contributed by atoms with E-state index in [1.807, 2.05) is 0 Å². The molecular weight excluding hydrogens is 248 g/mol. The summed E-state index contributed by atoms with van der Waals surface area (Å²) in [6, 6.07) is 6.84. The summed E-state index contributed by atoms with van der Waals surface area (Å²) < 4.78 is 5.09. The number of anilines is 1. The fourth-order valence-corrected chi connectivity index (χ4v) is 2.95. The van der Waals surface area contributed by atoms with E-state index in [0.717, 1.165) is 25.6 Å². The molecule has 0 bridgehead atoms. The van der Waals surface area contributed by atoms with Crippen molar-refractivity contribution in [2.24, 2.45) is 5.92 Å². The van der Waals surface area contributed by atoms with E-state index in [2.05, 4.69) is 42.3 Å². The second-order valence-electron chi connectivity index (χ2n) is 5.81. The number of rotatable bonds is 7. The molecule has 1 aromatic rings. The first-order valence-corrected chi connectivity index (χ1v) is 7.78. The summed E-state index contributed by atoms with van der Waals surface area (Å²) in [4.78, 5) is 2.56. The maximum absolute atomic E-state index is 5.09. The molecular formula is C17H28N2O. The Balaban J connectivity index is 2.03. The number of aryl methyl sites for hydroxylation is 1. The lowest BCUT2D eigenvalue weighted by Gasteiger charge is -2.23. The second-order valence-corrected chi connectivity index (χ2v) is 5.81. The van der Waals surface area contributed by atoms with E-state index in [1.54, 1.807) is 7.11 Å². The molecule has 112 valence electrons. The normalized spacial score (nSPS) is 18.8. The van der Waals surface area contributed by atoms with Crippen LogP contribution in [-0.2, 0) is 11.3 Å². The molecule has 1 heterocycles. The SMILES string of the molecule is CCC1CCN(c2ccc(C)cc2CNCCOC)C1. The van der Waals surface area contributed by atoms with Crippen molar-refractivity contribution in [1.82, 2.24) is 5.32 Å². The average molecular weight is 276 g/mol. The van der Waals surface area contributed by atoms with Gasteiger partial charge in [-0.05, 0) is 30.9 Å². The van der Waals surface area contributed by atoms with Gasteiger partial charge in [0.05, 0.1) is 6.61 Å². The molecule has 0 aromatic heterocycles. The molecule has 0 saturated carbocycles. The van der Waals surface area contributed by atoms with Crippen molar-refractivity contribution in [2.75, 3.05) is 38.3 Å². The van der Waals surface area contributed by atoms with Gasteiger partial charge in [0.1, 0.15) is 0 Å². The zero-order valence-electron chi connectivity index (χ0n) is 13.1. The number of nitrogens with one attached hydrogen (secondary N) is 1. The highest BCUT2D eigenvalue weighted by Crippen LogP contribution is 2.29. The zero-order valence-corrected chi connectivity index (χ0v) is 13.1. The molecule has 0 radical (unpaired) electrons. The van der Waals surface area contributed by atoms with Crippen molar-refractivity contribution in [3.8, 4) is 0 Å². The van der Waals surface area contributed by atoms with Crippen LogP contribution in [0.3, 0.4) is 0 Å². The Kier molecular flexibility index (Phi) is 5.86. The molecule has 1 fully saturated rings. The maximum atomic E-state index is 5.09. The molecule has 3 nitrogen and oxygen atoms in total. The van der Waals surface area contributed by atoms with E-state index in [0.29, 0.717) is 0 Å². The van der Waals surface area contributed by atoms with Gasteiger partial charge in [-0.3, -0.25) is 0 Å². The molecule has 20 heavy (non-hydrogen) atoms. The summed E-state index contributed by atoms with van der Waals surface area (Å²) in [6.07, 6.45) is 2.63. The molecule has 1 saturated heterocycles. The van der Waals surface area contributed by atoms with Crippen LogP contribution < -0.4 is 10.2 Å².